The molecule has 1 aromatic heterocycles. The fraction of sp³-hybridized carbons (Fsp3) is 0.778. The maximum atomic E-state index is 5.44. The van der Waals surface area contributed by atoms with Gasteiger partial charge in [-0.3, -0.25) is 0 Å². The van der Waals surface area contributed by atoms with Crippen molar-refractivity contribution in [3.05, 3.63) is 5.89 Å². The number of aromatic nitrogens is 2. The number of nitrogens with zero attached hydrogens (tertiary/aromatic N) is 3. The highest BCUT2D eigenvalue weighted by Crippen LogP contribution is 2.27. The van der Waals surface area contributed by atoms with Gasteiger partial charge in [-0.05, 0) is 0 Å². The number of hydrogen-bond acceptors (Lipinski definition) is 6. The molecule has 0 aromatic carbocycles. The zero-order valence-corrected chi connectivity index (χ0v) is 9.83. The molecule has 2 N–H and O–H groups in total. The minimum Gasteiger partial charge on any atom is -0.407 e. The second-order valence-electron chi connectivity index (χ2n) is 3.84. The van der Waals surface area contributed by atoms with Crippen molar-refractivity contribution < 1.29 is 4.42 Å². The number of anilines is 1. The highest BCUT2D eigenvalue weighted by Gasteiger charge is 2.25. The Hall–Kier alpha value is -0.750. The molecule has 5 nitrogen and oxygen atoms in total. The summed E-state index contributed by atoms with van der Waals surface area (Å²) < 4.78 is 5.44. The van der Waals surface area contributed by atoms with Gasteiger partial charge in [-0.2, -0.15) is 11.8 Å². The van der Waals surface area contributed by atoms with Crippen molar-refractivity contribution in [3.8, 4) is 0 Å². The third kappa shape index (κ3) is 2.43. The van der Waals surface area contributed by atoms with E-state index in [1.807, 2.05) is 11.8 Å². The van der Waals surface area contributed by atoms with Gasteiger partial charge < -0.3 is 15.1 Å². The van der Waals surface area contributed by atoms with Crippen LogP contribution in [0.15, 0.2) is 4.42 Å². The van der Waals surface area contributed by atoms with E-state index in [0.29, 0.717) is 29.0 Å². The predicted octanol–water partition coefficient (Wildman–Crippen LogP) is 0.858. The van der Waals surface area contributed by atoms with Crippen LogP contribution in [0, 0.1) is 0 Å². The van der Waals surface area contributed by atoms with Crippen LogP contribution in [0.3, 0.4) is 0 Å². The molecule has 0 spiro atoms. The van der Waals surface area contributed by atoms with E-state index in [1.54, 1.807) is 0 Å². The van der Waals surface area contributed by atoms with Crippen molar-refractivity contribution in [2.75, 3.05) is 18.0 Å². The summed E-state index contributed by atoms with van der Waals surface area (Å²) in [5.74, 6) is 0.503. The summed E-state index contributed by atoms with van der Waals surface area (Å²) in [6.07, 6.45) is 0. The summed E-state index contributed by atoms with van der Waals surface area (Å²) in [6, 6.07) is 0.606. The first-order chi connectivity index (χ1) is 7.19. The molecular formula is C9H16N4OS. The van der Waals surface area contributed by atoms with E-state index in [-0.39, 0.29) is 0 Å². The summed E-state index contributed by atoms with van der Waals surface area (Å²) in [5, 5.41) is 9.07. The second-order valence-corrected chi connectivity index (χ2v) is 5.73. The first-order valence-electron chi connectivity index (χ1n) is 5.12. The van der Waals surface area contributed by atoms with Crippen LogP contribution in [0.2, 0.25) is 0 Å². The molecule has 1 aromatic rings. The summed E-state index contributed by atoms with van der Waals surface area (Å²) >= 11 is 2.00. The summed E-state index contributed by atoms with van der Waals surface area (Å²) in [7, 11) is 0. The molecule has 15 heavy (non-hydrogen) atoms. The highest BCUT2D eigenvalue weighted by atomic mass is 32.2. The normalized spacial score (nSPS) is 27.0. The monoisotopic (exact) mass is 228 g/mol. The molecule has 0 radical (unpaired) electrons. The Morgan fingerprint density at radius 2 is 2.07 bits per heavy atom. The predicted molar refractivity (Wildman–Crippen MR) is 60.9 cm³/mol. The summed E-state index contributed by atoms with van der Waals surface area (Å²) in [5.41, 5.74) is 5.43. The Kier molecular flexibility index (Phi) is 3.16. The Balaban J connectivity index is 2.09. The van der Waals surface area contributed by atoms with Gasteiger partial charge in [0.05, 0.1) is 6.54 Å². The zero-order valence-electron chi connectivity index (χ0n) is 9.01. The van der Waals surface area contributed by atoms with E-state index in [0.717, 1.165) is 13.1 Å². The van der Waals surface area contributed by atoms with Crippen molar-refractivity contribution in [2.45, 2.75) is 30.9 Å². The molecule has 1 aliphatic rings. The number of hydrogen-bond donors (Lipinski definition) is 1. The molecule has 2 atom stereocenters. The average Bonchev–Trinajstić information content (AvgIpc) is 2.64. The third-order valence-corrected chi connectivity index (χ3v) is 3.55. The van der Waals surface area contributed by atoms with Gasteiger partial charge in [0.2, 0.25) is 5.89 Å². The van der Waals surface area contributed by atoms with Gasteiger partial charge in [-0.25, -0.2) is 0 Å². The van der Waals surface area contributed by atoms with Crippen LogP contribution >= 0.6 is 11.8 Å². The van der Waals surface area contributed by atoms with E-state index in [9.17, 15) is 0 Å². The number of nitrogens with two attached hydrogens (primary N) is 1. The minimum atomic E-state index is 0.306. The van der Waals surface area contributed by atoms with Gasteiger partial charge in [-0.1, -0.05) is 18.9 Å². The molecule has 1 aliphatic heterocycles. The van der Waals surface area contributed by atoms with E-state index in [2.05, 4.69) is 28.9 Å². The minimum absolute atomic E-state index is 0.306. The summed E-state index contributed by atoms with van der Waals surface area (Å²) in [6.45, 7) is 6.66. The zero-order chi connectivity index (χ0) is 10.8. The molecule has 0 bridgehead atoms. The van der Waals surface area contributed by atoms with Crippen molar-refractivity contribution in [3.63, 3.8) is 0 Å². The van der Waals surface area contributed by atoms with Crippen LogP contribution < -0.4 is 10.6 Å². The van der Waals surface area contributed by atoms with Crippen LogP contribution in [-0.4, -0.2) is 33.8 Å². The van der Waals surface area contributed by atoms with Crippen molar-refractivity contribution >= 4 is 17.8 Å². The van der Waals surface area contributed by atoms with Gasteiger partial charge in [0.15, 0.2) is 0 Å². The molecule has 1 fully saturated rings. The maximum absolute atomic E-state index is 5.44. The molecule has 0 amide bonds. The molecule has 2 unspecified atom stereocenters. The van der Waals surface area contributed by atoms with Crippen LogP contribution in [-0.2, 0) is 6.54 Å². The SMILES string of the molecule is CC1CN(c2nnc(CN)o2)CC(C)S1. The lowest BCUT2D eigenvalue weighted by molar-refractivity contribution is 0.481. The quantitative estimate of drug-likeness (QED) is 0.809. The van der Waals surface area contributed by atoms with Crippen LogP contribution in [0.25, 0.3) is 0 Å². The van der Waals surface area contributed by atoms with Crippen molar-refractivity contribution in [1.29, 1.82) is 0 Å². The van der Waals surface area contributed by atoms with E-state index in [1.165, 1.54) is 0 Å². The highest BCUT2D eigenvalue weighted by molar-refractivity contribution is 8.00. The topological polar surface area (TPSA) is 68.2 Å². The van der Waals surface area contributed by atoms with Gasteiger partial charge >= 0.3 is 6.01 Å². The Morgan fingerprint density at radius 1 is 1.40 bits per heavy atom. The fourth-order valence-electron chi connectivity index (χ4n) is 1.79. The molecular weight excluding hydrogens is 212 g/mol. The third-order valence-electron chi connectivity index (χ3n) is 2.32. The van der Waals surface area contributed by atoms with Crippen molar-refractivity contribution in [1.82, 2.24) is 10.2 Å². The first-order valence-corrected chi connectivity index (χ1v) is 6.06. The molecule has 1 saturated heterocycles. The molecule has 2 rings (SSSR count). The molecule has 6 heteroatoms. The van der Waals surface area contributed by atoms with Crippen molar-refractivity contribution in [2.24, 2.45) is 5.73 Å². The molecule has 84 valence electrons. The standard InChI is InChI=1S/C9H16N4OS/c1-6-4-13(5-7(2)15-6)9-12-11-8(3-10)14-9/h6-7H,3-5,10H2,1-2H3. The smallest absolute Gasteiger partial charge is 0.318 e. The molecule has 0 aliphatic carbocycles. The Bertz CT molecular complexity index is 320. The number of rotatable bonds is 2. The largest absolute Gasteiger partial charge is 0.407 e. The second kappa shape index (κ2) is 4.40. The number of thioether (sulfide) groups is 1. The Labute approximate surface area is 93.4 Å². The van der Waals surface area contributed by atoms with E-state index >= 15 is 0 Å². The van der Waals surface area contributed by atoms with Crippen LogP contribution in [0.1, 0.15) is 19.7 Å². The lowest BCUT2D eigenvalue weighted by Crippen LogP contribution is -2.40. The maximum Gasteiger partial charge on any atom is 0.318 e. The lowest BCUT2D eigenvalue weighted by Gasteiger charge is -2.33. The van der Waals surface area contributed by atoms with E-state index in [4.69, 9.17) is 10.2 Å². The van der Waals surface area contributed by atoms with Gasteiger partial charge in [-0.15, -0.1) is 5.10 Å². The van der Waals surface area contributed by atoms with E-state index < -0.39 is 0 Å². The molecule has 2 heterocycles. The Morgan fingerprint density at radius 3 is 2.60 bits per heavy atom. The van der Waals surface area contributed by atoms with Crippen LogP contribution in [0.4, 0.5) is 6.01 Å². The average molecular weight is 228 g/mol. The van der Waals surface area contributed by atoms with Crippen LogP contribution in [0.5, 0.6) is 0 Å². The van der Waals surface area contributed by atoms with Gasteiger partial charge in [0.1, 0.15) is 0 Å². The van der Waals surface area contributed by atoms with Gasteiger partial charge in [0.25, 0.3) is 0 Å². The van der Waals surface area contributed by atoms with Gasteiger partial charge in [0, 0.05) is 23.6 Å². The lowest BCUT2D eigenvalue weighted by atomic mass is 10.3. The molecule has 0 saturated carbocycles. The summed E-state index contributed by atoms with van der Waals surface area (Å²) in [4.78, 5) is 2.14. The first kappa shape index (κ1) is 10.8. The fourth-order valence-corrected chi connectivity index (χ4v) is 3.11.